The minimum Gasteiger partial charge on any atom is -0.495 e. The molecule has 2 aromatic rings. The Bertz CT molecular complexity index is 760. The molecule has 0 saturated heterocycles. The summed E-state index contributed by atoms with van der Waals surface area (Å²) in [4.78, 5) is 23.8. The van der Waals surface area contributed by atoms with Crippen molar-refractivity contribution in [2.45, 2.75) is 26.8 Å². The van der Waals surface area contributed by atoms with E-state index in [1.54, 1.807) is 18.2 Å². The summed E-state index contributed by atoms with van der Waals surface area (Å²) in [7, 11) is 1.53. The summed E-state index contributed by atoms with van der Waals surface area (Å²) in [6, 6.07) is 14.4. The van der Waals surface area contributed by atoms with Gasteiger partial charge in [-0.25, -0.2) is 4.79 Å². The Morgan fingerprint density at radius 2 is 1.69 bits per heavy atom. The van der Waals surface area contributed by atoms with Crippen LogP contribution >= 0.6 is 0 Å². The smallest absolute Gasteiger partial charge is 0.319 e. The van der Waals surface area contributed by atoms with E-state index < -0.39 is 0 Å². The van der Waals surface area contributed by atoms with Gasteiger partial charge in [0.15, 0.2) is 0 Å². The lowest BCUT2D eigenvalue weighted by Gasteiger charge is -2.23. The van der Waals surface area contributed by atoms with Crippen LogP contribution in [0.2, 0.25) is 0 Å². The molecule has 1 atom stereocenters. The molecule has 0 radical (unpaired) electrons. The number of rotatable bonds is 6. The fourth-order valence-electron chi connectivity index (χ4n) is 2.68. The van der Waals surface area contributed by atoms with Gasteiger partial charge in [-0.15, -0.1) is 0 Å². The van der Waals surface area contributed by atoms with E-state index in [-0.39, 0.29) is 23.9 Å². The molecule has 3 N–H and O–H groups in total. The first-order chi connectivity index (χ1) is 12.4. The SMILES string of the molecule is COc1ccc(NC(C)=O)cc1NC(=O)NC(c1ccccc1)C(C)C. The van der Waals surface area contributed by atoms with Crippen LogP contribution in [-0.4, -0.2) is 19.0 Å². The monoisotopic (exact) mass is 355 g/mol. The lowest BCUT2D eigenvalue weighted by molar-refractivity contribution is -0.114. The van der Waals surface area contributed by atoms with E-state index in [1.165, 1.54) is 14.0 Å². The number of carbonyl (C=O) groups excluding carboxylic acids is 2. The molecular formula is C20H25N3O3. The molecule has 0 saturated carbocycles. The van der Waals surface area contributed by atoms with Crippen LogP contribution < -0.4 is 20.7 Å². The first-order valence-electron chi connectivity index (χ1n) is 8.48. The molecule has 3 amide bonds. The van der Waals surface area contributed by atoms with Crippen molar-refractivity contribution in [1.82, 2.24) is 5.32 Å². The molecule has 0 spiro atoms. The molecule has 0 aliphatic carbocycles. The maximum Gasteiger partial charge on any atom is 0.319 e. The highest BCUT2D eigenvalue weighted by Gasteiger charge is 2.19. The van der Waals surface area contributed by atoms with Crippen molar-refractivity contribution in [2.24, 2.45) is 5.92 Å². The lowest BCUT2D eigenvalue weighted by atomic mass is 9.96. The molecule has 6 heteroatoms. The second kappa shape index (κ2) is 8.89. The number of methoxy groups -OCH3 is 1. The molecule has 6 nitrogen and oxygen atoms in total. The Labute approximate surface area is 153 Å². The normalized spacial score (nSPS) is 11.6. The van der Waals surface area contributed by atoms with E-state index in [9.17, 15) is 9.59 Å². The Morgan fingerprint density at radius 3 is 2.27 bits per heavy atom. The van der Waals surface area contributed by atoms with Crippen molar-refractivity contribution in [3.63, 3.8) is 0 Å². The molecule has 0 aliphatic heterocycles. The maximum absolute atomic E-state index is 12.5. The topological polar surface area (TPSA) is 79.5 Å². The van der Waals surface area contributed by atoms with Gasteiger partial charge >= 0.3 is 6.03 Å². The predicted molar refractivity (Wildman–Crippen MR) is 103 cm³/mol. The van der Waals surface area contributed by atoms with Crippen molar-refractivity contribution < 1.29 is 14.3 Å². The lowest BCUT2D eigenvalue weighted by Crippen LogP contribution is -2.35. The van der Waals surface area contributed by atoms with Crippen LogP contribution in [0.4, 0.5) is 16.2 Å². The zero-order chi connectivity index (χ0) is 19.1. The molecule has 0 heterocycles. The number of anilines is 2. The van der Waals surface area contributed by atoms with E-state index >= 15 is 0 Å². The maximum atomic E-state index is 12.5. The fourth-order valence-corrected chi connectivity index (χ4v) is 2.68. The Kier molecular flexibility index (Phi) is 6.60. The predicted octanol–water partition coefficient (Wildman–Crippen LogP) is 4.17. The molecule has 0 aromatic heterocycles. The van der Waals surface area contributed by atoms with Crippen molar-refractivity contribution in [2.75, 3.05) is 17.7 Å². The number of urea groups is 1. The summed E-state index contributed by atoms with van der Waals surface area (Å²) in [5.41, 5.74) is 2.10. The minimum atomic E-state index is -0.342. The molecule has 1 unspecified atom stereocenters. The number of nitrogens with one attached hydrogen (secondary N) is 3. The van der Waals surface area contributed by atoms with Crippen molar-refractivity contribution in [3.05, 3.63) is 54.1 Å². The van der Waals surface area contributed by atoms with Crippen LogP contribution in [0.1, 0.15) is 32.4 Å². The zero-order valence-electron chi connectivity index (χ0n) is 15.5. The summed E-state index contributed by atoms with van der Waals surface area (Å²) in [6.45, 7) is 5.53. The summed E-state index contributed by atoms with van der Waals surface area (Å²) in [5.74, 6) is 0.542. The molecule has 0 bridgehead atoms. The van der Waals surface area contributed by atoms with Gasteiger partial charge in [0.25, 0.3) is 0 Å². The Morgan fingerprint density at radius 1 is 1.00 bits per heavy atom. The first-order valence-corrected chi connectivity index (χ1v) is 8.48. The largest absolute Gasteiger partial charge is 0.495 e. The van der Waals surface area contributed by atoms with Crippen LogP contribution in [-0.2, 0) is 4.79 Å². The van der Waals surface area contributed by atoms with Crippen LogP contribution in [0.3, 0.4) is 0 Å². The standard InChI is InChI=1S/C20H25N3O3/c1-13(2)19(15-8-6-5-7-9-15)23-20(25)22-17-12-16(21-14(3)24)10-11-18(17)26-4/h5-13,19H,1-4H3,(H,21,24)(H2,22,23,25). The van der Waals surface area contributed by atoms with E-state index in [0.717, 1.165) is 5.56 Å². The molecular weight excluding hydrogens is 330 g/mol. The highest BCUT2D eigenvalue weighted by Crippen LogP contribution is 2.28. The second-order valence-electron chi connectivity index (χ2n) is 6.33. The van der Waals surface area contributed by atoms with Crippen molar-refractivity contribution in [3.8, 4) is 5.75 Å². The van der Waals surface area contributed by atoms with Gasteiger partial charge in [0.2, 0.25) is 5.91 Å². The molecule has 0 aliphatic rings. The summed E-state index contributed by atoms with van der Waals surface area (Å²) >= 11 is 0. The zero-order valence-corrected chi connectivity index (χ0v) is 15.5. The number of ether oxygens (including phenoxy) is 1. The van der Waals surface area contributed by atoms with Crippen LogP contribution in [0.15, 0.2) is 48.5 Å². The van der Waals surface area contributed by atoms with Gasteiger partial charge in [0.1, 0.15) is 5.75 Å². The van der Waals surface area contributed by atoms with Gasteiger partial charge in [-0.05, 0) is 29.7 Å². The molecule has 26 heavy (non-hydrogen) atoms. The molecule has 2 rings (SSSR count). The average Bonchev–Trinajstić information content (AvgIpc) is 2.60. The summed E-state index contributed by atoms with van der Waals surface area (Å²) in [6.07, 6.45) is 0. The van der Waals surface area contributed by atoms with E-state index in [1.807, 2.05) is 30.3 Å². The number of carbonyl (C=O) groups is 2. The van der Waals surface area contributed by atoms with Gasteiger partial charge < -0.3 is 20.7 Å². The van der Waals surface area contributed by atoms with Gasteiger partial charge in [-0.1, -0.05) is 44.2 Å². The van der Waals surface area contributed by atoms with Crippen molar-refractivity contribution >= 4 is 23.3 Å². The second-order valence-corrected chi connectivity index (χ2v) is 6.33. The summed E-state index contributed by atoms with van der Waals surface area (Å²) in [5, 5.41) is 8.49. The number of amides is 3. The van der Waals surface area contributed by atoms with Gasteiger partial charge in [-0.2, -0.15) is 0 Å². The van der Waals surface area contributed by atoms with Gasteiger partial charge in [-0.3, -0.25) is 4.79 Å². The quantitative estimate of drug-likeness (QED) is 0.727. The van der Waals surface area contributed by atoms with E-state index in [0.29, 0.717) is 17.1 Å². The minimum absolute atomic E-state index is 0.124. The van der Waals surface area contributed by atoms with Crippen LogP contribution in [0, 0.1) is 5.92 Å². The van der Waals surface area contributed by atoms with Gasteiger partial charge in [0.05, 0.1) is 18.8 Å². The third kappa shape index (κ3) is 5.24. The molecule has 2 aromatic carbocycles. The number of hydrogen-bond acceptors (Lipinski definition) is 3. The third-order valence-electron chi connectivity index (χ3n) is 3.88. The molecule has 138 valence electrons. The first kappa shape index (κ1) is 19.3. The Hall–Kier alpha value is -3.02. The highest BCUT2D eigenvalue weighted by atomic mass is 16.5. The Balaban J connectivity index is 2.16. The number of benzene rings is 2. The third-order valence-corrected chi connectivity index (χ3v) is 3.88. The average molecular weight is 355 g/mol. The van der Waals surface area contributed by atoms with Crippen LogP contribution in [0.5, 0.6) is 5.75 Å². The van der Waals surface area contributed by atoms with E-state index in [4.69, 9.17) is 4.74 Å². The van der Waals surface area contributed by atoms with E-state index in [2.05, 4.69) is 29.8 Å². The van der Waals surface area contributed by atoms with Gasteiger partial charge in [0, 0.05) is 12.6 Å². The fraction of sp³-hybridized carbons (Fsp3) is 0.300. The van der Waals surface area contributed by atoms with Crippen molar-refractivity contribution in [1.29, 1.82) is 0 Å². The van der Waals surface area contributed by atoms with Crippen LogP contribution in [0.25, 0.3) is 0 Å². The highest BCUT2D eigenvalue weighted by molar-refractivity contribution is 5.94. The number of hydrogen-bond donors (Lipinski definition) is 3. The molecule has 0 fully saturated rings. The summed E-state index contributed by atoms with van der Waals surface area (Å²) < 4.78 is 5.29.